The molecule has 0 spiro atoms. The summed E-state index contributed by atoms with van der Waals surface area (Å²) in [5, 5.41) is 0. The van der Waals surface area contributed by atoms with Crippen LogP contribution in [0.1, 0.15) is 53.1 Å². The van der Waals surface area contributed by atoms with Crippen LogP contribution in [0.3, 0.4) is 0 Å². The Bertz CT molecular complexity index is 734. The van der Waals surface area contributed by atoms with E-state index in [9.17, 15) is 4.79 Å². The van der Waals surface area contributed by atoms with Gasteiger partial charge in [-0.25, -0.2) is 0 Å². The van der Waals surface area contributed by atoms with Crippen molar-refractivity contribution in [2.75, 3.05) is 0 Å². The molecular formula is C19H23NO. The quantitative estimate of drug-likeness (QED) is 0.751. The topological polar surface area (TPSA) is 22.0 Å². The van der Waals surface area contributed by atoms with Gasteiger partial charge in [0.25, 0.3) is 0 Å². The molecule has 0 bridgehead atoms. The molecule has 3 rings (SSSR count). The Morgan fingerprint density at radius 2 is 1.76 bits per heavy atom. The minimum atomic E-state index is 0.0469. The van der Waals surface area contributed by atoms with Crippen LogP contribution in [0.2, 0.25) is 0 Å². The Morgan fingerprint density at radius 3 is 2.43 bits per heavy atom. The average molecular weight is 281 g/mol. The Kier molecular flexibility index (Phi) is 3.09. The molecule has 21 heavy (non-hydrogen) atoms. The molecule has 0 aliphatic heterocycles. The first-order valence-corrected chi connectivity index (χ1v) is 7.60. The molecule has 0 atom stereocenters. The van der Waals surface area contributed by atoms with E-state index in [2.05, 4.69) is 63.5 Å². The van der Waals surface area contributed by atoms with Crippen LogP contribution in [0.25, 0.3) is 5.69 Å². The van der Waals surface area contributed by atoms with E-state index in [0.717, 1.165) is 17.7 Å². The van der Waals surface area contributed by atoms with E-state index in [1.54, 1.807) is 0 Å². The summed E-state index contributed by atoms with van der Waals surface area (Å²) in [6.45, 7) is 10.7. The van der Waals surface area contributed by atoms with Crippen LogP contribution in [0.15, 0.2) is 24.3 Å². The third-order valence-corrected chi connectivity index (χ3v) is 4.47. The van der Waals surface area contributed by atoms with Gasteiger partial charge in [-0.1, -0.05) is 31.5 Å². The second-order valence-electron chi connectivity index (χ2n) is 7.21. The summed E-state index contributed by atoms with van der Waals surface area (Å²) in [5.41, 5.74) is 7.03. The summed E-state index contributed by atoms with van der Waals surface area (Å²) in [6.07, 6.45) is 1.60. The van der Waals surface area contributed by atoms with E-state index in [0.29, 0.717) is 6.42 Å². The van der Waals surface area contributed by atoms with Crippen molar-refractivity contribution in [1.29, 1.82) is 0 Å². The number of fused-ring (bicyclic) bond motifs is 1. The SMILES string of the molecule is Cc1ccc(-n2c(C)cc3c2CC(C)(C)CC3=O)c(C)c1. The molecule has 0 N–H and O–H groups in total. The predicted molar refractivity (Wildman–Crippen MR) is 86.4 cm³/mol. The number of hydrogen-bond acceptors (Lipinski definition) is 1. The van der Waals surface area contributed by atoms with Gasteiger partial charge in [-0.3, -0.25) is 4.79 Å². The molecular weight excluding hydrogens is 258 g/mol. The second kappa shape index (κ2) is 4.59. The minimum Gasteiger partial charge on any atom is -0.317 e. The van der Waals surface area contributed by atoms with Gasteiger partial charge in [0, 0.05) is 29.1 Å². The summed E-state index contributed by atoms with van der Waals surface area (Å²) >= 11 is 0. The van der Waals surface area contributed by atoms with Crippen LogP contribution in [0, 0.1) is 26.2 Å². The maximum Gasteiger partial charge on any atom is 0.165 e. The lowest BCUT2D eigenvalue weighted by molar-refractivity contribution is 0.0911. The van der Waals surface area contributed by atoms with Crippen molar-refractivity contribution in [1.82, 2.24) is 4.57 Å². The fourth-order valence-corrected chi connectivity index (χ4v) is 3.54. The van der Waals surface area contributed by atoms with Gasteiger partial charge >= 0.3 is 0 Å². The lowest BCUT2D eigenvalue weighted by Gasteiger charge is -2.30. The van der Waals surface area contributed by atoms with Gasteiger partial charge in [0.2, 0.25) is 0 Å². The van der Waals surface area contributed by atoms with Gasteiger partial charge in [0.15, 0.2) is 5.78 Å². The largest absolute Gasteiger partial charge is 0.317 e. The Balaban J connectivity index is 2.23. The van der Waals surface area contributed by atoms with E-state index >= 15 is 0 Å². The molecule has 1 aliphatic rings. The zero-order chi connectivity index (χ0) is 15.4. The smallest absolute Gasteiger partial charge is 0.165 e. The third kappa shape index (κ3) is 2.33. The van der Waals surface area contributed by atoms with E-state index in [1.165, 1.54) is 22.5 Å². The van der Waals surface area contributed by atoms with Crippen molar-refractivity contribution in [3.8, 4) is 5.69 Å². The van der Waals surface area contributed by atoms with Gasteiger partial charge in [-0.2, -0.15) is 0 Å². The van der Waals surface area contributed by atoms with E-state index in [1.807, 2.05) is 0 Å². The molecule has 110 valence electrons. The normalized spacial score (nSPS) is 16.9. The lowest BCUT2D eigenvalue weighted by atomic mass is 9.76. The second-order valence-corrected chi connectivity index (χ2v) is 7.21. The van der Waals surface area contributed by atoms with Crippen molar-refractivity contribution in [2.45, 2.75) is 47.5 Å². The van der Waals surface area contributed by atoms with Crippen molar-refractivity contribution >= 4 is 5.78 Å². The summed E-state index contributed by atoms with van der Waals surface area (Å²) < 4.78 is 2.28. The summed E-state index contributed by atoms with van der Waals surface area (Å²) in [5.74, 6) is 0.285. The molecule has 0 saturated heterocycles. The highest BCUT2D eigenvalue weighted by atomic mass is 16.1. The third-order valence-electron chi connectivity index (χ3n) is 4.47. The van der Waals surface area contributed by atoms with Crippen LogP contribution in [0.5, 0.6) is 0 Å². The number of carbonyl (C=O) groups excluding carboxylic acids is 1. The lowest BCUT2D eigenvalue weighted by Crippen LogP contribution is -2.28. The minimum absolute atomic E-state index is 0.0469. The molecule has 2 heteroatoms. The number of aryl methyl sites for hydroxylation is 3. The van der Waals surface area contributed by atoms with Gasteiger partial charge in [-0.15, -0.1) is 0 Å². The van der Waals surface area contributed by atoms with Gasteiger partial charge in [0.1, 0.15) is 0 Å². The van der Waals surface area contributed by atoms with Crippen molar-refractivity contribution in [3.05, 3.63) is 52.3 Å². The monoisotopic (exact) mass is 281 g/mol. The number of carbonyl (C=O) groups is 1. The number of aromatic nitrogens is 1. The van der Waals surface area contributed by atoms with Crippen molar-refractivity contribution < 1.29 is 4.79 Å². The fourth-order valence-electron chi connectivity index (χ4n) is 3.54. The van der Waals surface area contributed by atoms with E-state index in [-0.39, 0.29) is 11.2 Å². The number of rotatable bonds is 1. The van der Waals surface area contributed by atoms with Crippen LogP contribution >= 0.6 is 0 Å². The predicted octanol–water partition coefficient (Wildman–Crippen LogP) is 4.56. The maximum atomic E-state index is 12.4. The first-order chi connectivity index (χ1) is 9.78. The first kappa shape index (κ1) is 14.1. The summed E-state index contributed by atoms with van der Waals surface area (Å²) in [4.78, 5) is 12.4. The number of Topliss-reactive ketones (excluding diaryl/α,β-unsaturated/α-hetero) is 1. The summed E-state index contributed by atoms with van der Waals surface area (Å²) in [6, 6.07) is 8.58. The van der Waals surface area contributed by atoms with Crippen LogP contribution in [-0.2, 0) is 6.42 Å². The highest BCUT2D eigenvalue weighted by Gasteiger charge is 2.34. The first-order valence-electron chi connectivity index (χ1n) is 7.60. The molecule has 1 aromatic carbocycles. The highest BCUT2D eigenvalue weighted by molar-refractivity contribution is 5.99. The molecule has 0 radical (unpaired) electrons. The zero-order valence-electron chi connectivity index (χ0n) is 13.6. The standard InChI is InChI=1S/C19H23NO/c1-12-6-7-16(13(2)8-12)20-14(3)9-15-17(20)10-19(4,5)11-18(15)21/h6-9H,10-11H2,1-5H3. The van der Waals surface area contributed by atoms with E-state index in [4.69, 9.17) is 0 Å². The average Bonchev–Trinajstić information content (AvgIpc) is 2.65. The van der Waals surface area contributed by atoms with Crippen molar-refractivity contribution in [2.24, 2.45) is 5.41 Å². The summed E-state index contributed by atoms with van der Waals surface area (Å²) in [7, 11) is 0. The number of hydrogen-bond donors (Lipinski definition) is 0. The molecule has 2 nitrogen and oxygen atoms in total. The van der Waals surface area contributed by atoms with Gasteiger partial charge < -0.3 is 4.57 Å². The Labute approximate surface area is 126 Å². The van der Waals surface area contributed by atoms with Crippen LogP contribution in [-0.4, -0.2) is 10.4 Å². The molecule has 0 saturated carbocycles. The van der Waals surface area contributed by atoms with Crippen LogP contribution in [0.4, 0.5) is 0 Å². The van der Waals surface area contributed by atoms with E-state index < -0.39 is 0 Å². The highest BCUT2D eigenvalue weighted by Crippen LogP contribution is 2.37. The number of nitrogens with zero attached hydrogens (tertiary/aromatic N) is 1. The Hall–Kier alpha value is -1.83. The van der Waals surface area contributed by atoms with Crippen molar-refractivity contribution in [3.63, 3.8) is 0 Å². The molecule has 1 aromatic heterocycles. The fraction of sp³-hybridized carbons (Fsp3) is 0.421. The molecule has 2 aromatic rings. The van der Waals surface area contributed by atoms with Gasteiger partial charge in [0.05, 0.1) is 0 Å². The Morgan fingerprint density at radius 1 is 1.05 bits per heavy atom. The molecule has 0 amide bonds. The molecule has 0 unspecified atom stereocenters. The number of benzene rings is 1. The number of ketones is 1. The van der Waals surface area contributed by atoms with Crippen LogP contribution < -0.4 is 0 Å². The molecule has 1 aliphatic carbocycles. The maximum absolute atomic E-state index is 12.4. The zero-order valence-corrected chi connectivity index (χ0v) is 13.6. The van der Waals surface area contributed by atoms with Gasteiger partial charge in [-0.05, 0) is 50.3 Å². The molecule has 0 fully saturated rings. The molecule has 1 heterocycles.